The quantitative estimate of drug-likeness (QED) is 0.641. The van der Waals surface area contributed by atoms with Crippen molar-refractivity contribution in [1.29, 1.82) is 0 Å². The normalized spacial score (nSPS) is 10.8. The third-order valence-corrected chi connectivity index (χ3v) is 3.31. The molecule has 0 saturated heterocycles. The molecule has 0 spiro atoms. The van der Waals surface area contributed by atoms with Gasteiger partial charge >= 0.3 is 0 Å². The number of nitro groups is 1. The largest absolute Gasteiger partial charge is 0.396 e. The topological polar surface area (TPSA) is 66.6 Å². The second-order valence-corrected chi connectivity index (χ2v) is 5.23. The maximum Gasteiger partial charge on any atom is 0.295 e. The lowest BCUT2D eigenvalue weighted by Gasteiger charge is -2.28. The molecule has 0 fully saturated rings. The number of halogens is 2. The molecule has 1 N–H and O–H groups in total. The minimum atomic E-state index is -0.665. The summed E-state index contributed by atoms with van der Waals surface area (Å²) < 4.78 is 13.6. The van der Waals surface area contributed by atoms with Crippen molar-refractivity contribution >= 4 is 27.3 Å². The molecule has 0 saturated carbocycles. The number of benzene rings is 1. The van der Waals surface area contributed by atoms with Gasteiger partial charge in [0.25, 0.3) is 5.69 Å². The highest BCUT2D eigenvalue weighted by atomic mass is 79.9. The van der Waals surface area contributed by atoms with E-state index in [1.165, 1.54) is 6.07 Å². The van der Waals surface area contributed by atoms with Crippen LogP contribution in [-0.2, 0) is 0 Å². The Balaban J connectivity index is 3.27. The van der Waals surface area contributed by atoms with Gasteiger partial charge in [-0.15, -0.1) is 0 Å². The first kappa shape index (κ1) is 15.8. The van der Waals surface area contributed by atoms with Crippen molar-refractivity contribution in [3.05, 3.63) is 32.5 Å². The minimum absolute atomic E-state index is 0.000613. The van der Waals surface area contributed by atoms with Gasteiger partial charge in [0.05, 0.1) is 15.5 Å². The van der Waals surface area contributed by atoms with Crippen molar-refractivity contribution in [2.24, 2.45) is 0 Å². The number of aliphatic hydroxyl groups is 1. The molecule has 0 bridgehead atoms. The van der Waals surface area contributed by atoms with E-state index >= 15 is 0 Å². The van der Waals surface area contributed by atoms with Crippen LogP contribution in [0.25, 0.3) is 0 Å². The number of hydrogen-bond acceptors (Lipinski definition) is 4. The Morgan fingerprint density at radius 3 is 2.63 bits per heavy atom. The van der Waals surface area contributed by atoms with E-state index in [-0.39, 0.29) is 22.8 Å². The van der Waals surface area contributed by atoms with Gasteiger partial charge in [0.15, 0.2) is 0 Å². The molecule has 5 nitrogen and oxygen atoms in total. The molecule has 106 valence electrons. The SMILES string of the molecule is CC(C)N(CCCO)c1cc(Br)c(F)cc1[N+](=O)[O-]. The Hall–Kier alpha value is -1.21. The molecular weight excluding hydrogens is 319 g/mol. The summed E-state index contributed by atoms with van der Waals surface area (Å²) in [6, 6.07) is 2.32. The highest BCUT2D eigenvalue weighted by molar-refractivity contribution is 9.10. The summed E-state index contributed by atoms with van der Waals surface area (Å²) in [6.45, 7) is 4.24. The second-order valence-electron chi connectivity index (χ2n) is 4.38. The maximum absolute atomic E-state index is 13.4. The molecular formula is C12H16BrFN2O3. The van der Waals surface area contributed by atoms with E-state index in [1.54, 1.807) is 4.90 Å². The number of nitro benzene ring substituents is 1. The first-order valence-electron chi connectivity index (χ1n) is 5.89. The molecule has 7 heteroatoms. The lowest BCUT2D eigenvalue weighted by molar-refractivity contribution is -0.384. The van der Waals surface area contributed by atoms with Gasteiger partial charge in [-0.3, -0.25) is 10.1 Å². The van der Waals surface area contributed by atoms with Crippen LogP contribution < -0.4 is 4.90 Å². The molecule has 0 aliphatic heterocycles. The second kappa shape index (κ2) is 6.81. The monoisotopic (exact) mass is 334 g/mol. The number of rotatable bonds is 6. The molecule has 0 radical (unpaired) electrons. The zero-order chi connectivity index (χ0) is 14.6. The van der Waals surface area contributed by atoms with Gasteiger partial charge in [-0.2, -0.15) is 0 Å². The number of nitrogens with zero attached hydrogens (tertiary/aromatic N) is 2. The van der Waals surface area contributed by atoms with Crippen LogP contribution in [0.2, 0.25) is 0 Å². The molecule has 0 aromatic heterocycles. The molecule has 0 aliphatic rings. The van der Waals surface area contributed by atoms with Gasteiger partial charge in [0, 0.05) is 19.2 Å². The van der Waals surface area contributed by atoms with Crippen molar-refractivity contribution in [2.75, 3.05) is 18.1 Å². The third-order valence-electron chi connectivity index (χ3n) is 2.70. The molecule has 0 heterocycles. The van der Waals surface area contributed by atoms with E-state index in [0.29, 0.717) is 18.7 Å². The molecule has 0 aliphatic carbocycles. The zero-order valence-corrected chi connectivity index (χ0v) is 12.4. The van der Waals surface area contributed by atoms with E-state index < -0.39 is 10.7 Å². The smallest absolute Gasteiger partial charge is 0.295 e. The molecule has 0 unspecified atom stereocenters. The predicted octanol–water partition coefficient (Wildman–Crippen LogP) is 3.09. The first-order chi connectivity index (χ1) is 8.88. The van der Waals surface area contributed by atoms with E-state index in [4.69, 9.17) is 5.11 Å². The Morgan fingerprint density at radius 1 is 1.53 bits per heavy atom. The summed E-state index contributed by atoms with van der Waals surface area (Å²) in [7, 11) is 0. The van der Waals surface area contributed by atoms with Gasteiger partial charge in [-0.05, 0) is 42.3 Å². The minimum Gasteiger partial charge on any atom is -0.396 e. The fraction of sp³-hybridized carbons (Fsp3) is 0.500. The molecule has 0 atom stereocenters. The summed E-state index contributed by atoms with van der Waals surface area (Å²) in [5, 5.41) is 19.9. The third kappa shape index (κ3) is 3.87. The van der Waals surface area contributed by atoms with Crippen LogP contribution in [0.1, 0.15) is 20.3 Å². The van der Waals surface area contributed by atoms with Crippen LogP contribution in [0.5, 0.6) is 0 Å². The summed E-state index contributed by atoms with van der Waals surface area (Å²) in [6.07, 6.45) is 0.490. The van der Waals surface area contributed by atoms with Gasteiger partial charge in [0.1, 0.15) is 11.5 Å². The lowest BCUT2D eigenvalue weighted by Crippen LogP contribution is -2.32. The Bertz CT molecular complexity index is 469. The Kier molecular flexibility index (Phi) is 5.68. The summed E-state index contributed by atoms with van der Waals surface area (Å²) in [4.78, 5) is 12.2. The van der Waals surface area contributed by atoms with Gasteiger partial charge in [0.2, 0.25) is 0 Å². The highest BCUT2D eigenvalue weighted by Crippen LogP contribution is 2.34. The van der Waals surface area contributed by atoms with Crippen LogP contribution in [0, 0.1) is 15.9 Å². The van der Waals surface area contributed by atoms with Crippen LogP contribution in [0.4, 0.5) is 15.8 Å². The highest BCUT2D eigenvalue weighted by Gasteiger charge is 2.23. The average molecular weight is 335 g/mol. The average Bonchev–Trinajstić information content (AvgIpc) is 2.32. The fourth-order valence-electron chi connectivity index (χ4n) is 1.80. The van der Waals surface area contributed by atoms with Gasteiger partial charge in [-0.1, -0.05) is 0 Å². The van der Waals surface area contributed by atoms with E-state index in [9.17, 15) is 14.5 Å². The maximum atomic E-state index is 13.4. The standard InChI is InChI=1S/C12H16BrFN2O3/c1-8(2)15(4-3-5-17)11-6-9(13)10(14)7-12(11)16(18)19/h6-8,17H,3-5H2,1-2H3. The van der Waals surface area contributed by atoms with Crippen molar-refractivity contribution in [1.82, 2.24) is 0 Å². The van der Waals surface area contributed by atoms with Crippen LogP contribution in [0.3, 0.4) is 0 Å². The van der Waals surface area contributed by atoms with Crippen LogP contribution in [-0.4, -0.2) is 29.2 Å². The first-order valence-corrected chi connectivity index (χ1v) is 6.68. The van der Waals surface area contributed by atoms with E-state index in [0.717, 1.165) is 6.07 Å². The summed E-state index contributed by atoms with van der Waals surface area (Å²) in [5.74, 6) is -0.665. The molecule has 1 aromatic rings. The molecule has 0 amide bonds. The van der Waals surface area contributed by atoms with Crippen molar-refractivity contribution in [2.45, 2.75) is 26.3 Å². The van der Waals surface area contributed by atoms with Crippen molar-refractivity contribution < 1.29 is 14.4 Å². The zero-order valence-electron chi connectivity index (χ0n) is 10.8. The van der Waals surface area contributed by atoms with Crippen LogP contribution >= 0.6 is 15.9 Å². The fourth-order valence-corrected chi connectivity index (χ4v) is 2.13. The van der Waals surface area contributed by atoms with E-state index in [1.807, 2.05) is 13.8 Å². The Labute approximate surface area is 119 Å². The number of aliphatic hydroxyl groups excluding tert-OH is 1. The molecule has 1 aromatic carbocycles. The lowest BCUT2D eigenvalue weighted by atomic mass is 10.2. The van der Waals surface area contributed by atoms with Gasteiger partial charge in [-0.25, -0.2) is 4.39 Å². The van der Waals surface area contributed by atoms with Crippen molar-refractivity contribution in [3.63, 3.8) is 0 Å². The van der Waals surface area contributed by atoms with Crippen LogP contribution in [0.15, 0.2) is 16.6 Å². The Morgan fingerprint density at radius 2 is 2.16 bits per heavy atom. The van der Waals surface area contributed by atoms with E-state index in [2.05, 4.69) is 15.9 Å². The summed E-state index contributed by atoms with van der Waals surface area (Å²) >= 11 is 3.04. The summed E-state index contributed by atoms with van der Waals surface area (Å²) in [5.41, 5.74) is 0.0778. The molecule has 19 heavy (non-hydrogen) atoms. The number of hydrogen-bond donors (Lipinski definition) is 1. The molecule has 1 rings (SSSR count). The number of anilines is 1. The predicted molar refractivity (Wildman–Crippen MR) is 74.9 cm³/mol. The van der Waals surface area contributed by atoms with Crippen molar-refractivity contribution in [3.8, 4) is 0 Å². The van der Waals surface area contributed by atoms with Gasteiger partial charge < -0.3 is 10.0 Å².